The van der Waals surface area contributed by atoms with Gasteiger partial charge in [0, 0.05) is 64.6 Å². The smallest absolute Gasteiger partial charge is 0.274 e. The van der Waals surface area contributed by atoms with E-state index in [0.29, 0.717) is 24.8 Å². The zero-order valence-corrected chi connectivity index (χ0v) is 14.8. The van der Waals surface area contributed by atoms with Crippen molar-refractivity contribution in [1.29, 1.82) is 0 Å². The van der Waals surface area contributed by atoms with E-state index in [2.05, 4.69) is 19.9 Å². The van der Waals surface area contributed by atoms with E-state index in [1.165, 1.54) is 16.8 Å². The minimum absolute atomic E-state index is 0.107. The normalized spacial score (nSPS) is 18.7. The quantitative estimate of drug-likeness (QED) is 0.761. The number of amides is 1. The highest BCUT2D eigenvalue weighted by molar-refractivity contribution is 5.92. The second kappa shape index (κ2) is 6.87. The van der Waals surface area contributed by atoms with Crippen LogP contribution in [-0.2, 0) is 7.05 Å². The van der Waals surface area contributed by atoms with Gasteiger partial charge in [0.1, 0.15) is 11.5 Å². The number of aromatic nitrogens is 3. The summed E-state index contributed by atoms with van der Waals surface area (Å²) in [6.45, 7) is 5.27. The molecule has 2 aromatic rings. The van der Waals surface area contributed by atoms with Crippen molar-refractivity contribution in [1.82, 2.24) is 24.6 Å². The Labute approximate surface area is 151 Å². The maximum atomic E-state index is 12.5. The number of pyridine rings is 1. The number of anilines is 1. The second-order valence-electron chi connectivity index (χ2n) is 6.76. The number of aryl methyl sites for hydroxylation is 1. The van der Waals surface area contributed by atoms with Gasteiger partial charge in [-0.3, -0.25) is 14.5 Å². The van der Waals surface area contributed by atoms with E-state index in [1.807, 2.05) is 24.4 Å². The predicted octanol–water partition coefficient (Wildman–Crippen LogP) is -0.178. The van der Waals surface area contributed by atoms with Crippen LogP contribution in [0.4, 0.5) is 5.82 Å². The van der Waals surface area contributed by atoms with E-state index >= 15 is 0 Å². The highest BCUT2D eigenvalue weighted by Crippen LogP contribution is 2.20. The van der Waals surface area contributed by atoms with Gasteiger partial charge in [-0.1, -0.05) is 6.07 Å². The average Bonchev–Trinajstić information content (AvgIpc) is 2.64. The lowest BCUT2D eigenvalue weighted by molar-refractivity contribution is 0.0240. The summed E-state index contributed by atoms with van der Waals surface area (Å²) in [7, 11) is 1.55. The molecule has 4 heterocycles. The van der Waals surface area contributed by atoms with Crippen molar-refractivity contribution in [2.24, 2.45) is 7.05 Å². The molecule has 2 saturated heterocycles. The SMILES string of the molecule is Cn1nc(C(=O)N2CC(N3CCN(c4ccccn4)CC3)C2)ccc1=O. The Hall–Kier alpha value is -2.74. The first-order valence-corrected chi connectivity index (χ1v) is 8.85. The third-order valence-electron chi connectivity index (χ3n) is 5.13. The highest BCUT2D eigenvalue weighted by Gasteiger charge is 2.37. The summed E-state index contributed by atoms with van der Waals surface area (Å²) in [5.74, 6) is 0.919. The van der Waals surface area contributed by atoms with Gasteiger partial charge in [0.05, 0.1) is 0 Å². The van der Waals surface area contributed by atoms with E-state index in [9.17, 15) is 9.59 Å². The fourth-order valence-electron chi connectivity index (χ4n) is 3.49. The van der Waals surface area contributed by atoms with Crippen molar-refractivity contribution in [3.63, 3.8) is 0 Å². The van der Waals surface area contributed by atoms with Crippen LogP contribution in [0.2, 0.25) is 0 Å². The monoisotopic (exact) mass is 354 g/mol. The summed E-state index contributed by atoms with van der Waals surface area (Å²) in [4.78, 5) is 34.8. The van der Waals surface area contributed by atoms with E-state index in [0.717, 1.165) is 32.0 Å². The zero-order chi connectivity index (χ0) is 18.1. The van der Waals surface area contributed by atoms with Gasteiger partial charge in [-0.05, 0) is 18.2 Å². The average molecular weight is 354 g/mol. The minimum atomic E-state index is -0.214. The number of hydrogen-bond acceptors (Lipinski definition) is 6. The molecule has 2 aliphatic heterocycles. The number of hydrogen-bond donors (Lipinski definition) is 0. The summed E-state index contributed by atoms with van der Waals surface area (Å²) >= 11 is 0. The van der Waals surface area contributed by atoms with Crippen LogP contribution < -0.4 is 10.5 Å². The summed E-state index contributed by atoms with van der Waals surface area (Å²) < 4.78 is 1.20. The van der Waals surface area contributed by atoms with Gasteiger partial charge in [-0.2, -0.15) is 5.10 Å². The van der Waals surface area contributed by atoms with Gasteiger partial charge >= 0.3 is 0 Å². The number of nitrogens with zero attached hydrogens (tertiary/aromatic N) is 6. The first-order valence-electron chi connectivity index (χ1n) is 8.85. The van der Waals surface area contributed by atoms with Crippen LogP contribution in [0.15, 0.2) is 41.3 Å². The summed E-state index contributed by atoms with van der Waals surface area (Å²) in [5.41, 5.74) is 0.110. The molecule has 0 spiro atoms. The summed E-state index contributed by atoms with van der Waals surface area (Å²) in [6.07, 6.45) is 1.82. The third-order valence-corrected chi connectivity index (χ3v) is 5.13. The molecule has 0 atom stereocenters. The number of likely N-dealkylation sites (tertiary alicyclic amines) is 1. The van der Waals surface area contributed by atoms with Crippen molar-refractivity contribution in [2.45, 2.75) is 6.04 Å². The van der Waals surface area contributed by atoms with E-state index < -0.39 is 0 Å². The molecule has 0 radical (unpaired) electrons. The van der Waals surface area contributed by atoms with Crippen molar-refractivity contribution >= 4 is 11.7 Å². The Morgan fingerprint density at radius 1 is 1.08 bits per heavy atom. The summed E-state index contributed by atoms with van der Waals surface area (Å²) in [6, 6.07) is 9.27. The molecule has 2 aliphatic rings. The molecule has 8 heteroatoms. The summed E-state index contributed by atoms with van der Waals surface area (Å²) in [5, 5.41) is 4.04. The van der Waals surface area contributed by atoms with E-state index in [-0.39, 0.29) is 11.5 Å². The molecule has 2 aromatic heterocycles. The Kier molecular flexibility index (Phi) is 4.42. The lowest BCUT2D eigenvalue weighted by Crippen LogP contribution is -2.64. The maximum Gasteiger partial charge on any atom is 0.274 e. The number of rotatable bonds is 3. The van der Waals surface area contributed by atoms with E-state index in [4.69, 9.17) is 0 Å². The van der Waals surface area contributed by atoms with Crippen molar-refractivity contribution in [3.05, 3.63) is 52.6 Å². The Bertz CT molecular complexity index is 838. The highest BCUT2D eigenvalue weighted by atomic mass is 16.2. The number of carbonyl (C=O) groups is 1. The number of carbonyl (C=O) groups excluding carboxylic acids is 1. The predicted molar refractivity (Wildman–Crippen MR) is 97.2 cm³/mol. The van der Waals surface area contributed by atoms with Gasteiger partial charge < -0.3 is 9.80 Å². The van der Waals surface area contributed by atoms with Crippen LogP contribution in [0.1, 0.15) is 10.5 Å². The van der Waals surface area contributed by atoms with Gasteiger partial charge in [0.25, 0.3) is 11.5 Å². The fourth-order valence-corrected chi connectivity index (χ4v) is 3.49. The van der Waals surface area contributed by atoms with Crippen LogP contribution in [-0.4, -0.2) is 75.8 Å². The second-order valence-corrected chi connectivity index (χ2v) is 6.76. The lowest BCUT2D eigenvalue weighted by atomic mass is 10.1. The molecule has 0 bridgehead atoms. The third kappa shape index (κ3) is 3.20. The molecule has 136 valence electrons. The first kappa shape index (κ1) is 16.7. The van der Waals surface area contributed by atoms with Crippen LogP contribution >= 0.6 is 0 Å². The number of piperazine rings is 1. The molecule has 1 amide bonds. The van der Waals surface area contributed by atoms with Gasteiger partial charge in [-0.25, -0.2) is 9.67 Å². The Morgan fingerprint density at radius 2 is 1.85 bits per heavy atom. The molecule has 0 N–H and O–H groups in total. The molecule has 0 saturated carbocycles. The van der Waals surface area contributed by atoms with Crippen LogP contribution in [0, 0.1) is 0 Å². The van der Waals surface area contributed by atoms with E-state index in [1.54, 1.807) is 11.9 Å². The molecular formula is C18H22N6O2. The van der Waals surface area contributed by atoms with Crippen LogP contribution in [0.5, 0.6) is 0 Å². The standard InChI is InChI=1S/C18H22N6O2/c1-21-17(25)6-5-15(20-21)18(26)24-12-14(13-24)22-8-10-23(11-9-22)16-4-2-3-7-19-16/h2-7,14H,8-13H2,1H3. The zero-order valence-electron chi connectivity index (χ0n) is 14.8. The fraction of sp³-hybridized carbons (Fsp3) is 0.444. The van der Waals surface area contributed by atoms with Crippen LogP contribution in [0.3, 0.4) is 0 Å². The Balaban J connectivity index is 1.29. The van der Waals surface area contributed by atoms with Gasteiger partial charge in [0.15, 0.2) is 0 Å². The first-order chi connectivity index (χ1) is 12.6. The largest absolute Gasteiger partial charge is 0.354 e. The molecule has 4 rings (SSSR count). The molecule has 26 heavy (non-hydrogen) atoms. The van der Waals surface area contributed by atoms with Crippen molar-refractivity contribution in [3.8, 4) is 0 Å². The van der Waals surface area contributed by atoms with Gasteiger partial charge in [-0.15, -0.1) is 0 Å². The molecule has 0 aromatic carbocycles. The van der Waals surface area contributed by atoms with Crippen molar-refractivity contribution < 1.29 is 4.79 Å². The molecular weight excluding hydrogens is 332 g/mol. The topological polar surface area (TPSA) is 74.6 Å². The molecule has 0 unspecified atom stereocenters. The van der Waals surface area contributed by atoms with Gasteiger partial charge in [0.2, 0.25) is 0 Å². The Morgan fingerprint density at radius 3 is 2.50 bits per heavy atom. The lowest BCUT2D eigenvalue weighted by Gasteiger charge is -2.48. The minimum Gasteiger partial charge on any atom is -0.354 e. The molecule has 2 fully saturated rings. The molecule has 0 aliphatic carbocycles. The van der Waals surface area contributed by atoms with Crippen LogP contribution in [0.25, 0.3) is 0 Å². The maximum absolute atomic E-state index is 12.5. The molecule has 8 nitrogen and oxygen atoms in total. The van der Waals surface area contributed by atoms with Crippen molar-refractivity contribution in [2.75, 3.05) is 44.2 Å².